The average Bonchev–Trinajstić information content (AvgIpc) is 2.66. The maximum atomic E-state index is 12.5. The number of hydrogen-bond acceptors (Lipinski definition) is 8. The summed E-state index contributed by atoms with van der Waals surface area (Å²) in [5.41, 5.74) is 5.75. The Hall–Kier alpha value is -3.26. The van der Waals surface area contributed by atoms with E-state index in [1.165, 1.54) is 0 Å². The first-order chi connectivity index (χ1) is 14.8. The molecule has 0 radical (unpaired) electrons. The van der Waals surface area contributed by atoms with E-state index >= 15 is 0 Å². The van der Waals surface area contributed by atoms with E-state index in [1.807, 2.05) is 19.2 Å². The zero-order valence-electron chi connectivity index (χ0n) is 17.7. The maximum Gasteiger partial charge on any atom is 0.326 e. The molecule has 0 aromatic rings. The molecule has 0 heterocycles. The molecule has 0 aromatic heterocycles. The standard InChI is InChI=1S/C18H30N4O10/c1-8(2)5-9(19)15(28)20-10(3-4-13(24)25)16(29)22-12(7-23)17(30)21-11(18(31)32)6-14(26)27/h8-12,23H,3-7,19H2,1-2H3,(H,20,28)(H,21,30)(H,22,29)(H,24,25)(H,26,27)(H,31,32). The summed E-state index contributed by atoms with van der Waals surface area (Å²) in [4.78, 5) is 69.7. The molecule has 4 atom stereocenters. The molecule has 14 heteroatoms. The molecule has 182 valence electrons. The highest BCUT2D eigenvalue weighted by Gasteiger charge is 2.31. The van der Waals surface area contributed by atoms with Crippen LogP contribution in [0.2, 0.25) is 0 Å². The lowest BCUT2D eigenvalue weighted by molar-refractivity contribution is -0.147. The number of rotatable bonds is 15. The Bertz CT molecular complexity index is 712. The van der Waals surface area contributed by atoms with Gasteiger partial charge in [-0.25, -0.2) is 4.79 Å². The number of hydrogen-bond donors (Lipinski definition) is 8. The molecule has 3 amide bonds. The van der Waals surface area contributed by atoms with Gasteiger partial charge in [0, 0.05) is 6.42 Å². The molecule has 14 nitrogen and oxygen atoms in total. The van der Waals surface area contributed by atoms with E-state index in [0.717, 1.165) is 0 Å². The molecule has 0 fully saturated rings. The Morgan fingerprint density at radius 3 is 1.72 bits per heavy atom. The van der Waals surface area contributed by atoms with Gasteiger partial charge in [0.1, 0.15) is 18.1 Å². The number of carbonyl (C=O) groups excluding carboxylic acids is 3. The lowest BCUT2D eigenvalue weighted by Crippen LogP contribution is -2.58. The van der Waals surface area contributed by atoms with E-state index in [1.54, 1.807) is 0 Å². The minimum Gasteiger partial charge on any atom is -0.481 e. The molecule has 0 aromatic carbocycles. The van der Waals surface area contributed by atoms with Gasteiger partial charge in [0.15, 0.2) is 0 Å². The van der Waals surface area contributed by atoms with Crippen molar-refractivity contribution in [1.82, 2.24) is 16.0 Å². The van der Waals surface area contributed by atoms with Crippen molar-refractivity contribution in [3.05, 3.63) is 0 Å². The van der Waals surface area contributed by atoms with Crippen LogP contribution in [0.4, 0.5) is 0 Å². The highest BCUT2D eigenvalue weighted by Crippen LogP contribution is 2.05. The summed E-state index contributed by atoms with van der Waals surface area (Å²) in [5, 5.41) is 42.2. The van der Waals surface area contributed by atoms with Crippen LogP contribution >= 0.6 is 0 Å². The highest BCUT2D eigenvalue weighted by molar-refractivity contribution is 5.94. The molecule has 0 spiro atoms. The normalized spacial score (nSPS) is 14.5. The molecular formula is C18H30N4O10. The summed E-state index contributed by atoms with van der Waals surface area (Å²) in [6.45, 7) is 2.66. The number of nitrogens with two attached hydrogens (primary N) is 1. The van der Waals surface area contributed by atoms with Gasteiger partial charge in [0.2, 0.25) is 17.7 Å². The number of aliphatic carboxylic acids is 3. The van der Waals surface area contributed by atoms with Crippen molar-refractivity contribution in [2.75, 3.05) is 6.61 Å². The van der Waals surface area contributed by atoms with Gasteiger partial charge in [-0.1, -0.05) is 13.8 Å². The highest BCUT2D eigenvalue weighted by atomic mass is 16.4. The first kappa shape index (κ1) is 28.7. The van der Waals surface area contributed by atoms with Crippen LogP contribution in [0.25, 0.3) is 0 Å². The number of aliphatic hydroxyl groups excluding tert-OH is 1. The van der Waals surface area contributed by atoms with Crippen LogP contribution < -0.4 is 21.7 Å². The summed E-state index contributed by atoms with van der Waals surface area (Å²) < 4.78 is 0. The van der Waals surface area contributed by atoms with Gasteiger partial charge in [-0.05, 0) is 18.8 Å². The van der Waals surface area contributed by atoms with E-state index in [4.69, 9.17) is 21.1 Å². The fourth-order valence-electron chi connectivity index (χ4n) is 2.54. The second kappa shape index (κ2) is 13.9. The molecule has 0 aliphatic heterocycles. The predicted octanol–water partition coefficient (Wildman–Crippen LogP) is -2.77. The molecule has 4 unspecified atom stereocenters. The summed E-state index contributed by atoms with van der Waals surface area (Å²) >= 11 is 0. The van der Waals surface area contributed by atoms with E-state index in [0.29, 0.717) is 6.42 Å². The number of aliphatic hydroxyl groups is 1. The Kier molecular flexibility index (Phi) is 12.5. The Balaban J connectivity index is 5.32. The second-order valence-electron chi connectivity index (χ2n) is 7.47. The molecule has 0 aliphatic rings. The topological polar surface area (TPSA) is 245 Å². The van der Waals surface area contributed by atoms with Gasteiger partial charge in [-0.3, -0.25) is 24.0 Å². The van der Waals surface area contributed by atoms with Gasteiger partial charge in [0.05, 0.1) is 19.1 Å². The molecule has 0 saturated carbocycles. The fourth-order valence-corrected chi connectivity index (χ4v) is 2.54. The monoisotopic (exact) mass is 462 g/mol. The van der Waals surface area contributed by atoms with Crippen molar-refractivity contribution in [2.24, 2.45) is 11.7 Å². The number of carboxylic acid groups (broad SMARTS) is 3. The van der Waals surface area contributed by atoms with Crippen LogP contribution in [0, 0.1) is 5.92 Å². The van der Waals surface area contributed by atoms with E-state index in [9.17, 15) is 33.9 Å². The van der Waals surface area contributed by atoms with Gasteiger partial charge < -0.3 is 42.1 Å². The number of nitrogens with one attached hydrogen (secondary N) is 3. The predicted molar refractivity (Wildman–Crippen MR) is 107 cm³/mol. The zero-order chi connectivity index (χ0) is 25.0. The van der Waals surface area contributed by atoms with Crippen LogP contribution in [0.5, 0.6) is 0 Å². The average molecular weight is 462 g/mol. The minimum absolute atomic E-state index is 0.0671. The molecule has 0 saturated heterocycles. The van der Waals surface area contributed by atoms with Crippen LogP contribution in [-0.2, 0) is 28.8 Å². The van der Waals surface area contributed by atoms with Crippen molar-refractivity contribution in [2.45, 2.75) is 63.7 Å². The van der Waals surface area contributed by atoms with Crippen molar-refractivity contribution in [3.8, 4) is 0 Å². The van der Waals surface area contributed by atoms with E-state index in [2.05, 4.69) is 10.6 Å². The van der Waals surface area contributed by atoms with Gasteiger partial charge in [-0.2, -0.15) is 0 Å². The third-order valence-electron chi connectivity index (χ3n) is 4.15. The van der Waals surface area contributed by atoms with Crippen LogP contribution in [0.15, 0.2) is 0 Å². The van der Waals surface area contributed by atoms with E-state index in [-0.39, 0.29) is 12.3 Å². The van der Waals surface area contributed by atoms with Gasteiger partial charge >= 0.3 is 17.9 Å². The maximum absolute atomic E-state index is 12.5. The fraction of sp³-hybridized carbons (Fsp3) is 0.667. The summed E-state index contributed by atoms with van der Waals surface area (Å²) in [6.07, 6.45) is -1.51. The first-order valence-corrected chi connectivity index (χ1v) is 9.72. The lowest BCUT2D eigenvalue weighted by Gasteiger charge is -2.24. The zero-order valence-corrected chi connectivity index (χ0v) is 17.7. The lowest BCUT2D eigenvalue weighted by atomic mass is 10.0. The quantitative estimate of drug-likeness (QED) is 0.124. The molecule has 9 N–H and O–H groups in total. The van der Waals surface area contributed by atoms with Crippen LogP contribution in [0.1, 0.15) is 39.5 Å². The second-order valence-corrected chi connectivity index (χ2v) is 7.47. The number of carbonyl (C=O) groups is 6. The van der Waals surface area contributed by atoms with Gasteiger partial charge in [0.25, 0.3) is 0 Å². The molecular weight excluding hydrogens is 432 g/mol. The number of amides is 3. The third kappa shape index (κ3) is 11.2. The summed E-state index contributed by atoms with van der Waals surface area (Å²) in [5.74, 6) is -7.26. The molecule has 0 rings (SSSR count). The SMILES string of the molecule is CC(C)CC(N)C(=O)NC(CCC(=O)O)C(=O)NC(CO)C(=O)NC(CC(=O)O)C(=O)O. The van der Waals surface area contributed by atoms with E-state index < -0.39 is 79.2 Å². The molecule has 32 heavy (non-hydrogen) atoms. The van der Waals surface area contributed by atoms with Crippen molar-refractivity contribution >= 4 is 35.6 Å². The summed E-state index contributed by atoms with van der Waals surface area (Å²) in [7, 11) is 0. The van der Waals surface area contributed by atoms with Gasteiger partial charge in [-0.15, -0.1) is 0 Å². The smallest absolute Gasteiger partial charge is 0.326 e. The Morgan fingerprint density at radius 1 is 0.781 bits per heavy atom. The van der Waals surface area contributed by atoms with Crippen molar-refractivity contribution < 1.29 is 49.2 Å². The van der Waals surface area contributed by atoms with Crippen LogP contribution in [0.3, 0.4) is 0 Å². The molecule has 0 bridgehead atoms. The largest absolute Gasteiger partial charge is 0.481 e. The van der Waals surface area contributed by atoms with Crippen molar-refractivity contribution in [3.63, 3.8) is 0 Å². The molecule has 0 aliphatic carbocycles. The number of carboxylic acids is 3. The Morgan fingerprint density at radius 2 is 1.28 bits per heavy atom. The summed E-state index contributed by atoms with van der Waals surface area (Å²) in [6, 6.07) is -5.89. The Labute approximate surface area is 183 Å². The van der Waals surface area contributed by atoms with Crippen molar-refractivity contribution in [1.29, 1.82) is 0 Å². The minimum atomic E-state index is -1.82. The third-order valence-corrected chi connectivity index (χ3v) is 4.15. The first-order valence-electron chi connectivity index (χ1n) is 9.72. The van der Waals surface area contributed by atoms with Crippen LogP contribution in [-0.4, -0.2) is 86.8 Å².